The van der Waals surface area contributed by atoms with Gasteiger partial charge in [0, 0.05) is 24.3 Å². The Morgan fingerprint density at radius 1 is 1.39 bits per heavy atom. The summed E-state index contributed by atoms with van der Waals surface area (Å²) in [5, 5.41) is 3.10. The van der Waals surface area contributed by atoms with E-state index in [9.17, 15) is 0 Å². The molecule has 1 aromatic rings. The highest BCUT2D eigenvalue weighted by atomic mass is 16.5. The quantitative estimate of drug-likeness (QED) is 0.461. The zero-order valence-electron chi connectivity index (χ0n) is 14.4. The minimum absolute atomic E-state index is 0.463. The number of benzene rings is 1. The SMILES string of the molecule is COc1cccc(NC(N)=NCCCCN2CCCCC2C)c1. The van der Waals surface area contributed by atoms with E-state index in [1.54, 1.807) is 7.11 Å². The molecule has 1 aliphatic heterocycles. The minimum Gasteiger partial charge on any atom is -0.497 e. The summed E-state index contributed by atoms with van der Waals surface area (Å²) in [6, 6.07) is 8.42. The zero-order valence-corrected chi connectivity index (χ0v) is 14.4. The summed E-state index contributed by atoms with van der Waals surface area (Å²) < 4.78 is 5.19. The molecule has 2 rings (SSSR count). The Morgan fingerprint density at radius 3 is 3.04 bits per heavy atom. The first kappa shape index (κ1) is 17.6. The molecule has 3 N–H and O–H groups in total. The number of nitrogens with two attached hydrogens (primary N) is 1. The smallest absolute Gasteiger partial charge is 0.193 e. The van der Waals surface area contributed by atoms with E-state index in [1.165, 1.54) is 38.8 Å². The first-order valence-corrected chi connectivity index (χ1v) is 8.64. The fourth-order valence-corrected chi connectivity index (χ4v) is 3.00. The average molecular weight is 318 g/mol. The van der Waals surface area contributed by atoms with E-state index in [4.69, 9.17) is 10.5 Å². The fraction of sp³-hybridized carbons (Fsp3) is 0.611. The number of hydrogen-bond donors (Lipinski definition) is 2. The van der Waals surface area contributed by atoms with E-state index in [1.807, 2.05) is 24.3 Å². The Morgan fingerprint density at radius 2 is 2.26 bits per heavy atom. The first-order chi connectivity index (χ1) is 11.2. The monoisotopic (exact) mass is 318 g/mol. The molecule has 1 saturated heterocycles. The van der Waals surface area contributed by atoms with Gasteiger partial charge in [-0.25, -0.2) is 0 Å². The molecule has 128 valence electrons. The van der Waals surface area contributed by atoms with Crippen molar-refractivity contribution >= 4 is 11.6 Å². The van der Waals surface area contributed by atoms with Crippen LogP contribution in [0.5, 0.6) is 5.75 Å². The molecule has 5 nitrogen and oxygen atoms in total. The summed E-state index contributed by atoms with van der Waals surface area (Å²) in [5.41, 5.74) is 6.83. The Bertz CT molecular complexity index is 504. The van der Waals surface area contributed by atoms with Gasteiger partial charge in [0.15, 0.2) is 5.96 Å². The van der Waals surface area contributed by atoms with Gasteiger partial charge < -0.3 is 20.7 Å². The number of ether oxygens (including phenoxy) is 1. The van der Waals surface area contributed by atoms with Crippen molar-refractivity contribution in [2.45, 2.75) is 45.1 Å². The van der Waals surface area contributed by atoms with E-state index in [0.29, 0.717) is 5.96 Å². The summed E-state index contributed by atoms with van der Waals surface area (Å²) in [5.74, 6) is 1.27. The molecule has 0 aromatic heterocycles. The number of methoxy groups -OCH3 is 1. The molecule has 1 fully saturated rings. The second-order valence-corrected chi connectivity index (χ2v) is 6.21. The predicted octanol–water partition coefficient (Wildman–Crippen LogP) is 3.08. The molecule has 1 atom stereocenters. The molecule has 1 aromatic carbocycles. The van der Waals surface area contributed by atoms with Crippen LogP contribution < -0.4 is 15.8 Å². The molecule has 1 heterocycles. The van der Waals surface area contributed by atoms with Crippen LogP contribution in [0.2, 0.25) is 0 Å². The molecule has 0 amide bonds. The van der Waals surface area contributed by atoms with Crippen molar-refractivity contribution < 1.29 is 4.74 Å². The van der Waals surface area contributed by atoms with Gasteiger partial charge in [-0.05, 0) is 57.8 Å². The minimum atomic E-state index is 0.463. The van der Waals surface area contributed by atoms with Gasteiger partial charge in [0.25, 0.3) is 0 Å². The van der Waals surface area contributed by atoms with Crippen LogP contribution in [0, 0.1) is 0 Å². The van der Waals surface area contributed by atoms with Gasteiger partial charge in [-0.3, -0.25) is 4.99 Å². The second kappa shape index (κ2) is 9.40. The van der Waals surface area contributed by atoms with Crippen molar-refractivity contribution in [3.05, 3.63) is 24.3 Å². The molecule has 23 heavy (non-hydrogen) atoms. The zero-order chi connectivity index (χ0) is 16.5. The Kier molecular flexibility index (Phi) is 7.20. The average Bonchev–Trinajstić information content (AvgIpc) is 2.56. The lowest BCUT2D eigenvalue weighted by Crippen LogP contribution is -2.38. The van der Waals surface area contributed by atoms with E-state index >= 15 is 0 Å². The van der Waals surface area contributed by atoms with Crippen LogP contribution >= 0.6 is 0 Å². The van der Waals surface area contributed by atoms with Crippen LogP contribution in [0.4, 0.5) is 5.69 Å². The number of guanidine groups is 1. The van der Waals surface area contributed by atoms with Crippen LogP contribution in [-0.4, -0.2) is 43.6 Å². The highest BCUT2D eigenvalue weighted by molar-refractivity contribution is 5.92. The van der Waals surface area contributed by atoms with Gasteiger partial charge in [-0.15, -0.1) is 0 Å². The van der Waals surface area contributed by atoms with E-state index < -0.39 is 0 Å². The molecule has 0 saturated carbocycles. The third kappa shape index (κ3) is 6.10. The summed E-state index contributed by atoms with van der Waals surface area (Å²) >= 11 is 0. The Balaban J connectivity index is 1.66. The first-order valence-electron chi connectivity index (χ1n) is 8.64. The van der Waals surface area contributed by atoms with Gasteiger partial charge in [0.1, 0.15) is 5.75 Å². The van der Waals surface area contributed by atoms with Gasteiger partial charge >= 0.3 is 0 Å². The number of likely N-dealkylation sites (tertiary alicyclic amines) is 1. The molecule has 5 heteroatoms. The topological polar surface area (TPSA) is 62.9 Å². The maximum Gasteiger partial charge on any atom is 0.193 e. The maximum absolute atomic E-state index is 5.93. The predicted molar refractivity (Wildman–Crippen MR) is 97.2 cm³/mol. The lowest BCUT2D eigenvalue weighted by molar-refractivity contribution is 0.158. The van der Waals surface area contributed by atoms with E-state index in [2.05, 4.69) is 22.1 Å². The number of hydrogen-bond acceptors (Lipinski definition) is 3. The Hall–Kier alpha value is -1.75. The number of nitrogens with one attached hydrogen (secondary N) is 1. The number of unbranched alkanes of at least 4 members (excludes halogenated alkanes) is 1. The molecule has 0 spiro atoms. The summed E-state index contributed by atoms with van der Waals surface area (Å²) in [7, 11) is 1.65. The van der Waals surface area contributed by atoms with Crippen molar-refractivity contribution in [1.29, 1.82) is 0 Å². The molecule has 0 radical (unpaired) electrons. The van der Waals surface area contributed by atoms with Crippen molar-refractivity contribution in [3.8, 4) is 5.75 Å². The molecule has 0 bridgehead atoms. The van der Waals surface area contributed by atoms with E-state index in [0.717, 1.165) is 30.4 Å². The summed E-state index contributed by atoms with van der Waals surface area (Å²) in [6.07, 6.45) is 6.33. The van der Waals surface area contributed by atoms with Gasteiger partial charge in [0.2, 0.25) is 0 Å². The lowest BCUT2D eigenvalue weighted by Gasteiger charge is -2.33. The molecule has 1 aliphatic rings. The van der Waals surface area contributed by atoms with Crippen LogP contribution in [0.25, 0.3) is 0 Å². The van der Waals surface area contributed by atoms with Crippen molar-refractivity contribution in [1.82, 2.24) is 4.90 Å². The van der Waals surface area contributed by atoms with Gasteiger partial charge in [-0.1, -0.05) is 12.5 Å². The number of piperidine rings is 1. The largest absolute Gasteiger partial charge is 0.497 e. The van der Waals surface area contributed by atoms with Crippen molar-refractivity contribution in [2.75, 3.05) is 32.1 Å². The van der Waals surface area contributed by atoms with Crippen LogP contribution in [0.15, 0.2) is 29.3 Å². The van der Waals surface area contributed by atoms with Crippen molar-refractivity contribution in [3.63, 3.8) is 0 Å². The van der Waals surface area contributed by atoms with Gasteiger partial charge in [0.05, 0.1) is 7.11 Å². The van der Waals surface area contributed by atoms with Crippen molar-refractivity contribution in [2.24, 2.45) is 10.7 Å². The lowest BCUT2D eigenvalue weighted by atomic mass is 10.0. The second-order valence-electron chi connectivity index (χ2n) is 6.21. The standard InChI is InChI=1S/C18H30N4O/c1-15-8-3-5-12-22(15)13-6-4-11-20-18(19)21-16-9-7-10-17(14-16)23-2/h7,9-10,14-15H,3-6,8,11-13H2,1-2H3,(H3,19,20,21). The third-order valence-electron chi connectivity index (χ3n) is 4.42. The number of aliphatic imine (C=N–C) groups is 1. The van der Waals surface area contributed by atoms with Crippen LogP contribution in [0.3, 0.4) is 0 Å². The highest BCUT2D eigenvalue weighted by Gasteiger charge is 2.16. The van der Waals surface area contributed by atoms with E-state index in [-0.39, 0.29) is 0 Å². The third-order valence-corrected chi connectivity index (χ3v) is 4.42. The van der Waals surface area contributed by atoms with Crippen LogP contribution in [-0.2, 0) is 0 Å². The number of anilines is 1. The Labute approximate surface area is 139 Å². The fourth-order valence-electron chi connectivity index (χ4n) is 3.00. The number of rotatable bonds is 7. The molecule has 0 aliphatic carbocycles. The molecular formula is C18H30N4O. The molecular weight excluding hydrogens is 288 g/mol. The summed E-state index contributed by atoms with van der Waals surface area (Å²) in [6.45, 7) is 5.54. The molecule has 1 unspecified atom stereocenters. The van der Waals surface area contributed by atoms with Gasteiger partial charge in [-0.2, -0.15) is 0 Å². The summed E-state index contributed by atoms with van der Waals surface area (Å²) in [4.78, 5) is 7.00. The number of nitrogens with zero attached hydrogens (tertiary/aromatic N) is 2. The normalized spacial score (nSPS) is 19.6. The highest BCUT2D eigenvalue weighted by Crippen LogP contribution is 2.17. The maximum atomic E-state index is 5.93. The van der Waals surface area contributed by atoms with Crippen LogP contribution in [0.1, 0.15) is 39.0 Å².